The van der Waals surface area contributed by atoms with Crippen molar-refractivity contribution in [1.82, 2.24) is 10.2 Å². The minimum absolute atomic E-state index is 0.0296. The lowest BCUT2D eigenvalue weighted by Crippen LogP contribution is -2.44. The second-order valence-electron chi connectivity index (χ2n) is 4.37. The van der Waals surface area contributed by atoms with Crippen molar-refractivity contribution in [2.24, 2.45) is 0 Å². The van der Waals surface area contributed by atoms with Crippen molar-refractivity contribution >= 4 is 5.91 Å². The lowest BCUT2D eigenvalue weighted by atomic mass is 9.99. The molecule has 0 spiro atoms. The van der Waals surface area contributed by atoms with Gasteiger partial charge in [0.25, 0.3) is 5.91 Å². The molecule has 1 amide bonds. The topological polar surface area (TPSA) is 52.6 Å². The molecule has 0 bridgehead atoms. The summed E-state index contributed by atoms with van der Waals surface area (Å²) in [5, 5.41) is 12.6. The maximum Gasteiger partial charge on any atom is 0.254 e. The second kappa shape index (κ2) is 5.29. The third kappa shape index (κ3) is 2.65. The highest BCUT2D eigenvalue weighted by Crippen LogP contribution is 2.18. The van der Waals surface area contributed by atoms with Crippen LogP contribution < -0.4 is 5.32 Å². The number of carbonyl (C=O) groups is 1. The minimum atomic E-state index is -0.505. The van der Waals surface area contributed by atoms with E-state index in [1.54, 1.807) is 11.9 Å². The third-order valence-electron chi connectivity index (χ3n) is 3.06. The van der Waals surface area contributed by atoms with Crippen LogP contribution in [0.1, 0.15) is 15.9 Å². The van der Waals surface area contributed by atoms with Gasteiger partial charge in [-0.15, -0.1) is 0 Å². The number of hydrogen-bond acceptors (Lipinski definition) is 3. The molecular formula is C13H18N2O2. The number of β-amino-alcohol motifs (C(OH)–C–C–N with tert-alkyl or cyclic N) is 1. The molecule has 1 aromatic carbocycles. The Labute approximate surface area is 101 Å². The van der Waals surface area contributed by atoms with Crippen molar-refractivity contribution in [3.63, 3.8) is 0 Å². The van der Waals surface area contributed by atoms with Gasteiger partial charge in [0, 0.05) is 25.2 Å². The summed E-state index contributed by atoms with van der Waals surface area (Å²) in [4.78, 5) is 13.9. The van der Waals surface area contributed by atoms with Crippen molar-refractivity contribution in [1.29, 1.82) is 0 Å². The highest BCUT2D eigenvalue weighted by Gasteiger charge is 2.25. The second-order valence-corrected chi connectivity index (χ2v) is 4.37. The van der Waals surface area contributed by atoms with E-state index in [2.05, 4.69) is 5.32 Å². The lowest BCUT2D eigenvalue weighted by Gasteiger charge is -2.30. The van der Waals surface area contributed by atoms with E-state index < -0.39 is 6.10 Å². The third-order valence-corrected chi connectivity index (χ3v) is 3.06. The summed E-state index contributed by atoms with van der Waals surface area (Å²) in [5.41, 5.74) is 1.88. The molecule has 0 saturated carbocycles. The molecule has 1 heterocycles. The van der Waals surface area contributed by atoms with Gasteiger partial charge in [-0.05, 0) is 25.1 Å². The predicted octanol–water partition coefficient (Wildman–Crippen LogP) is 0.265. The normalized spacial score (nSPS) is 16.8. The molecule has 0 aromatic heterocycles. The van der Waals surface area contributed by atoms with Gasteiger partial charge in [0.1, 0.15) is 0 Å². The van der Waals surface area contributed by atoms with Crippen LogP contribution in [0.4, 0.5) is 0 Å². The van der Waals surface area contributed by atoms with Crippen LogP contribution in [0, 0.1) is 0 Å². The summed E-state index contributed by atoms with van der Waals surface area (Å²) in [5.74, 6) is 0.0296. The number of benzene rings is 1. The largest absolute Gasteiger partial charge is 0.390 e. The first-order valence-electron chi connectivity index (χ1n) is 5.92. The number of aliphatic hydroxyl groups is 1. The molecule has 1 atom stereocenters. The maximum atomic E-state index is 12.2. The van der Waals surface area contributed by atoms with Gasteiger partial charge in [-0.3, -0.25) is 4.79 Å². The van der Waals surface area contributed by atoms with E-state index in [9.17, 15) is 9.90 Å². The number of fused-ring (bicyclic) bond motifs is 1. The Morgan fingerprint density at radius 3 is 3.00 bits per heavy atom. The molecule has 0 aliphatic carbocycles. The van der Waals surface area contributed by atoms with Gasteiger partial charge >= 0.3 is 0 Å². The molecule has 0 saturated heterocycles. The van der Waals surface area contributed by atoms with Crippen LogP contribution in [0.15, 0.2) is 24.3 Å². The molecule has 1 unspecified atom stereocenters. The zero-order valence-corrected chi connectivity index (χ0v) is 10.0. The Morgan fingerprint density at radius 1 is 1.47 bits per heavy atom. The van der Waals surface area contributed by atoms with E-state index in [0.29, 0.717) is 19.6 Å². The molecule has 0 radical (unpaired) electrons. The fourth-order valence-corrected chi connectivity index (χ4v) is 2.20. The summed E-state index contributed by atoms with van der Waals surface area (Å²) in [6.07, 6.45) is 0.364. The number of rotatable bonds is 4. The van der Waals surface area contributed by atoms with Gasteiger partial charge in [-0.2, -0.15) is 0 Å². The lowest BCUT2D eigenvalue weighted by molar-refractivity contribution is 0.0608. The van der Waals surface area contributed by atoms with Gasteiger partial charge in [0.15, 0.2) is 0 Å². The Kier molecular flexibility index (Phi) is 3.76. The van der Waals surface area contributed by atoms with Gasteiger partial charge in [0.05, 0.1) is 6.10 Å². The molecule has 0 fully saturated rings. The smallest absolute Gasteiger partial charge is 0.254 e. The number of likely N-dealkylation sites (N-methyl/N-ethyl adjacent to an activating group) is 1. The maximum absolute atomic E-state index is 12.2. The zero-order valence-electron chi connectivity index (χ0n) is 10.0. The quantitative estimate of drug-likeness (QED) is 0.786. The SMILES string of the molecule is CNCC(O)CN1CCc2ccccc2C1=O. The number of aliphatic hydroxyl groups excluding tert-OH is 1. The van der Waals surface area contributed by atoms with E-state index in [0.717, 1.165) is 17.5 Å². The summed E-state index contributed by atoms with van der Waals surface area (Å²) >= 11 is 0. The molecule has 2 rings (SSSR count). The Bertz CT molecular complexity index is 406. The van der Waals surface area contributed by atoms with Crippen molar-refractivity contribution < 1.29 is 9.90 Å². The molecule has 2 N–H and O–H groups in total. The van der Waals surface area contributed by atoms with E-state index in [4.69, 9.17) is 0 Å². The van der Waals surface area contributed by atoms with E-state index in [1.807, 2.05) is 24.3 Å². The monoisotopic (exact) mass is 234 g/mol. The first kappa shape index (κ1) is 12.1. The average molecular weight is 234 g/mol. The van der Waals surface area contributed by atoms with Crippen LogP contribution in [0.2, 0.25) is 0 Å². The average Bonchev–Trinajstić information content (AvgIpc) is 2.33. The van der Waals surface area contributed by atoms with Gasteiger partial charge in [0.2, 0.25) is 0 Å². The molecule has 1 aliphatic rings. The molecular weight excluding hydrogens is 216 g/mol. The van der Waals surface area contributed by atoms with Crippen LogP contribution in [-0.4, -0.2) is 48.7 Å². The van der Waals surface area contributed by atoms with E-state index in [1.165, 1.54) is 0 Å². The van der Waals surface area contributed by atoms with Crippen LogP contribution in [0.5, 0.6) is 0 Å². The van der Waals surface area contributed by atoms with Gasteiger partial charge < -0.3 is 15.3 Å². The molecule has 17 heavy (non-hydrogen) atoms. The van der Waals surface area contributed by atoms with Crippen LogP contribution >= 0.6 is 0 Å². The first-order valence-corrected chi connectivity index (χ1v) is 5.92. The molecule has 1 aliphatic heterocycles. The Balaban J connectivity index is 2.07. The summed E-state index contributed by atoms with van der Waals surface area (Å²) in [6, 6.07) is 7.69. The van der Waals surface area contributed by atoms with E-state index in [-0.39, 0.29) is 5.91 Å². The fourth-order valence-electron chi connectivity index (χ4n) is 2.20. The van der Waals surface area contributed by atoms with Crippen molar-refractivity contribution in [3.05, 3.63) is 35.4 Å². The number of nitrogens with zero attached hydrogens (tertiary/aromatic N) is 1. The minimum Gasteiger partial charge on any atom is -0.390 e. The highest BCUT2D eigenvalue weighted by molar-refractivity contribution is 5.96. The number of carbonyl (C=O) groups excluding carboxylic acids is 1. The van der Waals surface area contributed by atoms with Gasteiger partial charge in [-0.25, -0.2) is 0 Å². The molecule has 4 nitrogen and oxygen atoms in total. The number of amides is 1. The summed E-state index contributed by atoms with van der Waals surface area (Å²) in [6.45, 7) is 1.59. The molecule has 4 heteroatoms. The summed E-state index contributed by atoms with van der Waals surface area (Å²) < 4.78 is 0. The standard InChI is InChI=1S/C13H18N2O2/c1-14-8-11(16)9-15-7-6-10-4-2-3-5-12(10)13(15)17/h2-5,11,14,16H,6-9H2,1H3. The zero-order chi connectivity index (χ0) is 12.3. The fraction of sp³-hybridized carbons (Fsp3) is 0.462. The van der Waals surface area contributed by atoms with Crippen molar-refractivity contribution in [2.75, 3.05) is 26.7 Å². The number of hydrogen-bond donors (Lipinski definition) is 2. The van der Waals surface area contributed by atoms with Gasteiger partial charge in [-0.1, -0.05) is 18.2 Å². The molecule has 1 aromatic rings. The van der Waals surface area contributed by atoms with E-state index >= 15 is 0 Å². The number of nitrogens with one attached hydrogen (secondary N) is 1. The Hall–Kier alpha value is -1.39. The first-order chi connectivity index (χ1) is 8.22. The van der Waals surface area contributed by atoms with Crippen molar-refractivity contribution in [2.45, 2.75) is 12.5 Å². The van der Waals surface area contributed by atoms with Crippen LogP contribution in [0.3, 0.4) is 0 Å². The Morgan fingerprint density at radius 2 is 2.24 bits per heavy atom. The highest BCUT2D eigenvalue weighted by atomic mass is 16.3. The van der Waals surface area contributed by atoms with Crippen LogP contribution in [0.25, 0.3) is 0 Å². The predicted molar refractivity (Wildman–Crippen MR) is 66.0 cm³/mol. The van der Waals surface area contributed by atoms with Crippen LogP contribution in [-0.2, 0) is 6.42 Å². The van der Waals surface area contributed by atoms with Crippen molar-refractivity contribution in [3.8, 4) is 0 Å². The summed E-state index contributed by atoms with van der Waals surface area (Å²) in [7, 11) is 1.79. The molecule has 92 valence electrons.